The number of anilines is 1. The minimum absolute atomic E-state index is 0.143. The largest absolute Gasteiger partial charge is 0.325 e. The van der Waals surface area contributed by atoms with E-state index < -0.39 is 5.25 Å². The van der Waals surface area contributed by atoms with E-state index >= 15 is 0 Å². The predicted octanol–water partition coefficient (Wildman–Crippen LogP) is 4.68. The molecule has 0 saturated carbocycles. The van der Waals surface area contributed by atoms with E-state index in [1.165, 1.54) is 23.4 Å². The Kier molecular flexibility index (Phi) is 6.31. The summed E-state index contributed by atoms with van der Waals surface area (Å²) in [5.74, 6) is 0.300. The van der Waals surface area contributed by atoms with Gasteiger partial charge in [0, 0.05) is 17.3 Å². The number of benzene rings is 2. The number of rotatable bonds is 6. The van der Waals surface area contributed by atoms with E-state index in [4.69, 9.17) is 0 Å². The van der Waals surface area contributed by atoms with Crippen LogP contribution in [0.4, 0.5) is 5.69 Å². The number of carbonyl (C=O) groups excluding carboxylic acids is 1. The number of nitrogens with zero attached hydrogens (tertiary/aromatic N) is 1. The van der Waals surface area contributed by atoms with Gasteiger partial charge in [0.25, 0.3) is 5.56 Å². The highest BCUT2D eigenvalue weighted by atomic mass is 32.2. The van der Waals surface area contributed by atoms with Crippen molar-refractivity contribution in [2.24, 2.45) is 0 Å². The SMILES string of the molecule is CC(Sc1nc(-c2ccccc2)cc(=O)[nH]1)C(=O)Nc1ccc(C(C)C)cc1. The fourth-order valence-electron chi connectivity index (χ4n) is 2.66. The van der Waals surface area contributed by atoms with Gasteiger partial charge < -0.3 is 10.3 Å². The molecule has 3 rings (SSSR count). The highest BCUT2D eigenvalue weighted by molar-refractivity contribution is 8.00. The molecule has 2 aromatic carbocycles. The van der Waals surface area contributed by atoms with Crippen molar-refractivity contribution in [1.82, 2.24) is 9.97 Å². The van der Waals surface area contributed by atoms with Gasteiger partial charge in [-0.2, -0.15) is 0 Å². The summed E-state index contributed by atoms with van der Waals surface area (Å²) >= 11 is 1.22. The first-order chi connectivity index (χ1) is 13.4. The van der Waals surface area contributed by atoms with Gasteiger partial charge in [0.1, 0.15) is 0 Å². The van der Waals surface area contributed by atoms with Gasteiger partial charge in [-0.05, 0) is 30.5 Å². The topological polar surface area (TPSA) is 74.8 Å². The van der Waals surface area contributed by atoms with E-state index in [9.17, 15) is 9.59 Å². The molecule has 0 fully saturated rings. The minimum Gasteiger partial charge on any atom is -0.325 e. The lowest BCUT2D eigenvalue weighted by Gasteiger charge is -2.13. The first-order valence-corrected chi connectivity index (χ1v) is 10.0. The van der Waals surface area contributed by atoms with Gasteiger partial charge in [-0.25, -0.2) is 4.98 Å². The second-order valence-electron chi connectivity index (χ2n) is 6.83. The molecule has 0 aliphatic carbocycles. The third kappa shape index (κ3) is 5.10. The maximum Gasteiger partial charge on any atom is 0.252 e. The Hall–Kier alpha value is -2.86. The van der Waals surface area contributed by atoms with Crippen LogP contribution in [0.25, 0.3) is 11.3 Å². The van der Waals surface area contributed by atoms with Crippen LogP contribution in [0.2, 0.25) is 0 Å². The van der Waals surface area contributed by atoms with Crippen molar-refractivity contribution in [3.05, 3.63) is 76.6 Å². The molecule has 1 atom stereocenters. The van der Waals surface area contributed by atoms with E-state index in [-0.39, 0.29) is 11.5 Å². The van der Waals surface area contributed by atoms with Gasteiger partial charge >= 0.3 is 0 Å². The molecule has 0 spiro atoms. The van der Waals surface area contributed by atoms with E-state index in [0.29, 0.717) is 16.8 Å². The molecule has 1 unspecified atom stereocenters. The number of aromatic amines is 1. The zero-order valence-corrected chi connectivity index (χ0v) is 16.9. The van der Waals surface area contributed by atoms with Gasteiger partial charge in [-0.1, -0.05) is 68.1 Å². The molecular formula is C22H23N3O2S. The summed E-state index contributed by atoms with van der Waals surface area (Å²) in [4.78, 5) is 31.7. The minimum atomic E-state index is -0.418. The summed E-state index contributed by atoms with van der Waals surface area (Å²) in [7, 11) is 0. The van der Waals surface area contributed by atoms with Gasteiger partial charge in [0.15, 0.2) is 5.16 Å². The lowest BCUT2D eigenvalue weighted by atomic mass is 10.0. The normalized spacial score (nSPS) is 12.0. The molecule has 2 N–H and O–H groups in total. The molecule has 6 heteroatoms. The van der Waals surface area contributed by atoms with Crippen LogP contribution in [0.15, 0.2) is 70.6 Å². The Bertz CT molecular complexity index is 998. The summed E-state index contributed by atoms with van der Waals surface area (Å²) in [6.45, 7) is 6.05. The van der Waals surface area contributed by atoms with E-state index in [0.717, 1.165) is 11.3 Å². The van der Waals surface area contributed by atoms with Gasteiger partial charge in [0.2, 0.25) is 5.91 Å². The molecule has 144 valence electrons. The third-order valence-corrected chi connectivity index (χ3v) is 5.28. The summed E-state index contributed by atoms with van der Waals surface area (Å²) < 4.78 is 0. The zero-order valence-electron chi connectivity index (χ0n) is 16.1. The number of hydrogen-bond donors (Lipinski definition) is 2. The standard InChI is InChI=1S/C22H23N3O2S/c1-14(2)16-9-11-18(12-10-16)23-21(27)15(3)28-22-24-19(13-20(26)25-22)17-7-5-4-6-8-17/h4-15H,1-3H3,(H,23,27)(H,24,25,26). The molecular weight excluding hydrogens is 370 g/mol. The van der Waals surface area contributed by atoms with Gasteiger partial charge in [-0.3, -0.25) is 9.59 Å². The van der Waals surface area contributed by atoms with Crippen LogP contribution in [0.5, 0.6) is 0 Å². The number of nitrogens with one attached hydrogen (secondary N) is 2. The Morgan fingerprint density at radius 1 is 1.04 bits per heavy atom. The molecule has 3 aromatic rings. The highest BCUT2D eigenvalue weighted by Gasteiger charge is 2.17. The lowest BCUT2D eigenvalue weighted by molar-refractivity contribution is -0.115. The first kappa shape index (κ1) is 19.9. The molecule has 28 heavy (non-hydrogen) atoms. The third-order valence-electron chi connectivity index (χ3n) is 4.29. The van der Waals surface area contributed by atoms with Crippen LogP contribution < -0.4 is 10.9 Å². The number of hydrogen-bond acceptors (Lipinski definition) is 4. The van der Waals surface area contributed by atoms with Gasteiger partial charge in [0.05, 0.1) is 10.9 Å². The maximum absolute atomic E-state index is 12.5. The highest BCUT2D eigenvalue weighted by Crippen LogP contribution is 2.23. The van der Waals surface area contributed by atoms with Crippen LogP contribution in [-0.4, -0.2) is 21.1 Å². The van der Waals surface area contributed by atoms with Crippen molar-refractivity contribution in [1.29, 1.82) is 0 Å². The molecule has 1 aromatic heterocycles. The number of thioether (sulfide) groups is 1. The predicted molar refractivity (Wildman–Crippen MR) is 115 cm³/mol. The Morgan fingerprint density at radius 3 is 2.36 bits per heavy atom. The molecule has 0 radical (unpaired) electrons. The van der Waals surface area contributed by atoms with Crippen LogP contribution in [0.1, 0.15) is 32.3 Å². The number of amides is 1. The number of H-pyrrole nitrogens is 1. The van der Waals surface area contributed by atoms with Crippen molar-refractivity contribution >= 4 is 23.4 Å². The summed E-state index contributed by atoms with van der Waals surface area (Å²) in [5.41, 5.74) is 3.18. The fraction of sp³-hybridized carbons (Fsp3) is 0.227. The Balaban J connectivity index is 1.70. The molecule has 5 nitrogen and oxygen atoms in total. The quantitative estimate of drug-likeness (QED) is 0.471. The van der Waals surface area contributed by atoms with E-state index in [1.54, 1.807) is 6.92 Å². The first-order valence-electron chi connectivity index (χ1n) is 9.16. The van der Waals surface area contributed by atoms with Crippen molar-refractivity contribution in [3.63, 3.8) is 0 Å². The summed E-state index contributed by atoms with van der Waals surface area (Å²) in [6.07, 6.45) is 0. The number of aromatic nitrogens is 2. The summed E-state index contributed by atoms with van der Waals surface area (Å²) in [6, 6.07) is 18.8. The second-order valence-corrected chi connectivity index (χ2v) is 8.16. The van der Waals surface area contributed by atoms with Crippen LogP contribution in [0, 0.1) is 0 Å². The maximum atomic E-state index is 12.5. The van der Waals surface area contributed by atoms with Crippen LogP contribution >= 0.6 is 11.8 Å². The monoisotopic (exact) mass is 393 g/mol. The molecule has 0 aliphatic rings. The van der Waals surface area contributed by atoms with Crippen LogP contribution in [-0.2, 0) is 4.79 Å². The summed E-state index contributed by atoms with van der Waals surface area (Å²) in [5, 5.41) is 2.91. The fourth-order valence-corrected chi connectivity index (χ4v) is 3.48. The zero-order chi connectivity index (χ0) is 20.1. The van der Waals surface area contributed by atoms with E-state index in [1.807, 2.05) is 54.6 Å². The average Bonchev–Trinajstić information content (AvgIpc) is 2.68. The van der Waals surface area contributed by atoms with Crippen LogP contribution in [0.3, 0.4) is 0 Å². The van der Waals surface area contributed by atoms with Crippen molar-refractivity contribution in [2.75, 3.05) is 5.32 Å². The van der Waals surface area contributed by atoms with Crippen molar-refractivity contribution in [3.8, 4) is 11.3 Å². The van der Waals surface area contributed by atoms with E-state index in [2.05, 4.69) is 29.1 Å². The average molecular weight is 394 g/mol. The molecule has 0 saturated heterocycles. The smallest absolute Gasteiger partial charge is 0.252 e. The second kappa shape index (κ2) is 8.89. The van der Waals surface area contributed by atoms with Gasteiger partial charge in [-0.15, -0.1) is 0 Å². The lowest BCUT2D eigenvalue weighted by Crippen LogP contribution is -2.23. The Morgan fingerprint density at radius 2 is 1.71 bits per heavy atom. The Labute approximate surface area is 168 Å². The van der Waals surface area contributed by atoms with Crippen molar-refractivity contribution in [2.45, 2.75) is 37.1 Å². The molecule has 0 bridgehead atoms. The molecule has 1 heterocycles. The van der Waals surface area contributed by atoms with Crippen molar-refractivity contribution < 1.29 is 4.79 Å². The molecule has 1 amide bonds. The number of carbonyl (C=O) groups is 1. The molecule has 0 aliphatic heterocycles.